The Morgan fingerprint density at radius 3 is 1.62 bits per heavy atom. The molecule has 9 nitrogen and oxygen atoms in total. The summed E-state index contributed by atoms with van der Waals surface area (Å²) in [7, 11) is -2.05. The number of aromatic nitrogens is 4. The first-order valence-corrected chi connectivity index (χ1v) is 11.1. The fourth-order valence-corrected chi connectivity index (χ4v) is 3.09. The largest absolute Gasteiger partial charge is 0.268 e. The van der Waals surface area contributed by atoms with Gasteiger partial charge in [0.15, 0.2) is 0 Å². The maximum absolute atomic E-state index is 10.8. The molecular formula is C12H16ClN5O4S2. The van der Waals surface area contributed by atoms with Crippen LogP contribution in [0, 0.1) is 0 Å². The Bertz CT molecular complexity index is 864. The van der Waals surface area contributed by atoms with E-state index >= 15 is 0 Å². The number of sulfonamides is 1. The molecule has 0 amide bonds. The number of nitrogens with two attached hydrogens (primary N) is 1. The van der Waals surface area contributed by atoms with Crippen LogP contribution in [0.25, 0.3) is 0 Å². The molecule has 2 N–H and O–H groups in total. The van der Waals surface area contributed by atoms with E-state index in [2.05, 4.69) is 10.2 Å². The van der Waals surface area contributed by atoms with Crippen LogP contribution in [0.4, 0.5) is 0 Å². The summed E-state index contributed by atoms with van der Waals surface area (Å²) in [6.07, 6.45) is 9.81. The minimum Gasteiger partial charge on any atom is -0.268 e. The molecule has 0 radical (unpaired) electrons. The number of rotatable bonds is 4. The Kier molecular flexibility index (Phi) is 4.45. The Hall–Kier alpha value is -1.43. The lowest BCUT2D eigenvalue weighted by Gasteiger charge is -1.93. The molecule has 2 saturated carbocycles. The minimum atomic E-state index is -3.60. The third-order valence-corrected chi connectivity index (χ3v) is 5.78. The van der Waals surface area contributed by atoms with Crippen molar-refractivity contribution in [2.45, 2.75) is 47.6 Å². The molecule has 0 spiro atoms. The zero-order valence-electron chi connectivity index (χ0n) is 12.5. The van der Waals surface area contributed by atoms with Crippen LogP contribution in [-0.2, 0) is 19.1 Å². The summed E-state index contributed by atoms with van der Waals surface area (Å²) in [5, 5.41) is 12.7. The second-order valence-corrected chi connectivity index (χ2v) is 9.88. The molecule has 0 aromatic carbocycles. The summed E-state index contributed by atoms with van der Waals surface area (Å²) in [4.78, 5) is 0.172. The first kappa shape index (κ1) is 17.4. The number of hydrogen-bond acceptors (Lipinski definition) is 6. The fraction of sp³-hybridized carbons (Fsp3) is 0.500. The van der Waals surface area contributed by atoms with Crippen molar-refractivity contribution in [1.29, 1.82) is 0 Å². The van der Waals surface area contributed by atoms with Gasteiger partial charge in [0.25, 0.3) is 9.05 Å². The summed E-state index contributed by atoms with van der Waals surface area (Å²) in [5.41, 5.74) is 0. The van der Waals surface area contributed by atoms with E-state index < -0.39 is 19.1 Å². The van der Waals surface area contributed by atoms with Crippen LogP contribution in [0.2, 0.25) is 0 Å². The van der Waals surface area contributed by atoms with E-state index in [1.807, 2.05) is 0 Å². The van der Waals surface area contributed by atoms with Gasteiger partial charge in [-0.15, -0.1) is 0 Å². The van der Waals surface area contributed by atoms with Crippen molar-refractivity contribution in [1.82, 2.24) is 19.6 Å². The molecule has 2 fully saturated rings. The molecule has 2 aliphatic carbocycles. The molecular weight excluding hydrogens is 378 g/mol. The lowest BCUT2D eigenvalue weighted by molar-refractivity contribution is 0.596. The Balaban J connectivity index is 0.000000141. The average Bonchev–Trinajstić information content (AvgIpc) is 3.40. The van der Waals surface area contributed by atoms with Gasteiger partial charge in [-0.2, -0.15) is 10.2 Å². The molecule has 2 aromatic heterocycles. The van der Waals surface area contributed by atoms with Gasteiger partial charge >= 0.3 is 0 Å². The molecule has 0 aliphatic heterocycles. The molecule has 0 atom stereocenters. The van der Waals surface area contributed by atoms with E-state index in [0.29, 0.717) is 12.1 Å². The van der Waals surface area contributed by atoms with Crippen LogP contribution in [0.5, 0.6) is 0 Å². The van der Waals surface area contributed by atoms with Crippen molar-refractivity contribution < 1.29 is 16.8 Å². The number of primary sulfonamides is 1. The average molecular weight is 394 g/mol. The molecule has 0 unspecified atom stereocenters. The monoisotopic (exact) mass is 393 g/mol. The predicted octanol–water partition coefficient (Wildman–Crippen LogP) is 1.01. The van der Waals surface area contributed by atoms with Gasteiger partial charge in [-0.05, 0) is 25.7 Å². The highest BCUT2D eigenvalue weighted by Gasteiger charge is 2.26. The third-order valence-electron chi connectivity index (χ3n) is 3.61. The highest BCUT2D eigenvalue weighted by Crippen LogP contribution is 2.35. The van der Waals surface area contributed by atoms with Gasteiger partial charge in [-0.3, -0.25) is 9.36 Å². The summed E-state index contributed by atoms with van der Waals surface area (Å²) in [6.45, 7) is 0. The van der Waals surface area contributed by atoms with Gasteiger partial charge in [0.2, 0.25) is 10.0 Å². The second kappa shape index (κ2) is 6.14. The zero-order valence-corrected chi connectivity index (χ0v) is 14.9. The fourth-order valence-electron chi connectivity index (χ4n) is 1.99. The third kappa shape index (κ3) is 4.35. The highest BCUT2D eigenvalue weighted by molar-refractivity contribution is 8.13. The predicted molar refractivity (Wildman–Crippen MR) is 85.4 cm³/mol. The number of halogens is 1. The first-order valence-electron chi connectivity index (χ1n) is 7.20. The van der Waals surface area contributed by atoms with E-state index in [-0.39, 0.29) is 9.79 Å². The van der Waals surface area contributed by atoms with Gasteiger partial charge in [0, 0.05) is 23.1 Å². The molecule has 12 heteroatoms. The van der Waals surface area contributed by atoms with Gasteiger partial charge in [0.05, 0.1) is 24.5 Å². The SMILES string of the molecule is NS(=O)(=O)c1cnn(C2CC2)c1.O=S(=O)(Cl)c1cnn(C2CC2)c1. The van der Waals surface area contributed by atoms with Crippen LogP contribution in [0.15, 0.2) is 34.6 Å². The Morgan fingerprint density at radius 1 is 0.917 bits per heavy atom. The Labute approximate surface area is 143 Å². The first-order chi connectivity index (χ1) is 11.1. The number of hydrogen-bond donors (Lipinski definition) is 1. The molecule has 4 rings (SSSR count). The molecule has 2 aliphatic rings. The molecule has 24 heavy (non-hydrogen) atoms. The van der Waals surface area contributed by atoms with Crippen LogP contribution in [0.1, 0.15) is 37.8 Å². The topological polar surface area (TPSA) is 130 Å². The van der Waals surface area contributed by atoms with E-state index in [9.17, 15) is 16.8 Å². The van der Waals surface area contributed by atoms with E-state index in [4.69, 9.17) is 15.8 Å². The van der Waals surface area contributed by atoms with Crippen molar-refractivity contribution in [3.8, 4) is 0 Å². The van der Waals surface area contributed by atoms with E-state index in [0.717, 1.165) is 25.7 Å². The van der Waals surface area contributed by atoms with Gasteiger partial charge in [-0.1, -0.05) is 0 Å². The summed E-state index contributed by atoms with van der Waals surface area (Å²) >= 11 is 0. The van der Waals surface area contributed by atoms with Crippen molar-refractivity contribution in [2.75, 3.05) is 0 Å². The minimum absolute atomic E-state index is 0.0797. The summed E-state index contributed by atoms with van der Waals surface area (Å²) < 4.78 is 46.5. The van der Waals surface area contributed by atoms with E-state index in [1.54, 1.807) is 9.36 Å². The van der Waals surface area contributed by atoms with Gasteiger partial charge < -0.3 is 0 Å². The quantitative estimate of drug-likeness (QED) is 0.771. The lowest BCUT2D eigenvalue weighted by Crippen LogP contribution is -2.11. The number of nitrogens with zero attached hydrogens (tertiary/aromatic N) is 4. The smallest absolute Gasteiger partial charge is 0.264 e. The van der Waals surface area contributed by atoms with Crippen LogP contribution in [0.3, 0.4) is 0 Å². The molecule has 2 aromatic rings. The lowest BCUT2D eigenvalue weighted by atomic mass is 10.7. The molecule has 0 saturated heterocycles. The summed E-state index contributed by atoms with van der Waals surface area (Å²) in [6, 6.07) is 0.776. The van der Waals surface area contributed by atoms with Gasteiger partial charge in [-0.25, -0.2) is 22.0 Å². The van der Waals surface area contributed by atoms with Crippen LogP contribution < -0.4 is 5.14 Å². The Morgan fingerprint density at radius 2 is 1.33 bits per heavy atom. The summed E-state index contributed by atoms with van der Waals surface area (Å²) in [5.74, 6) is 0. The van der Waals surface area contributed by atoms with Crippen molar-refractivity contribution in [3.63, 3.8) is 0 Å². The van der Waals surface area contributed by atoms with Crippen LogP contribution >= 0.6 is 10.7 Å². The van der Waals surface area contributed by atoms with Crippen molar-refractivity contribution in [3.05, 3.63) is 24.8 Å². The van der Waals surface area contributed by atoms with Gasteiger partial charge in [0.1, 0.15) is 9.79 Å². The van der Waals surface area contributed by atoms with Crippen LogP contribution in [-0.4, -0.2) is 36.4 Å². The maximum atomic E-state index is 10.8. The van der Waals surface area contributed by atoms with Crippen molar-refractivity contribution >= 4 is 29.8 Å². The normalized spacial score (nSPS) is 18.1. The molecule has 2 heterocycles. The standard InChI is InChI=1S/C6H7ClN2O2S.C6H9N3O2S/c2*7-12(10,11)6-3-8-9(4-6)5-1-2-5/h3-5H,1-2H2;3-5H,1-2H2,(H2,7,10,11). The van der Waals surface area contributed by atoms with E-state index in [1.165, 1.54) is 24.8 Å². The highest BCUT2D eigenvalue weighted by atomic mass is 35.7. The maximum Gasteiger partial charge on any atom is 0.264 e. The van der Waals surface area contributed by atoms with Crippen molar-refractivity contribution in [2.24, 2.45) is 5.14 Å². The zero-order chi connectivity index (χ0) is 17.5. The second-order valence-electron chi connectivity index (χ2n) is 5.76. The molecule has 132 valence electrons. The molecule has 0 bridgehead atoms.